The average molecular weight is 280 g/mol. The van der Waals surface area contributed by atoms with Crippen LogP contribution in [0, 0.1) is 0 Å². The predicted octanol–water partition coefficient (Wildman–Crippen LogP) is 2.99. The molecule has 20 heavy (non-hydrogen) atoms. The second kappa shape index (κ2) is 9.50. The second-order valence-electron chi connectivity index (χ2n) is 4.74. The molecule has 1 aromatic carbocycles. The van der Waals surface area contributed by atoms with Gasteiger partial charge in [0.2, 0.25) is 0 Å². The molecule has 0 aromatic heterocycles. The maximum Gasteiger partial charge on any atom is 0.308 e. The standard InChI is InChI=1S/C16H24O4/c1-4-10-19-13(2)12-18-11-9-15-5-7-16(8-6-15)20-14(3)17/h5-8,13H,4,9-12H2,1-3H3/t13-/m0/s1. The number of rotatable bonds is 9. The van der Waals surface area contributed by atoms with Crippen LogP contribution < -0.4 is 4.74 Å². The fraction of sp³-hybridized carbons (Fsp3) is 0.562. The Bertz CT molecular complexity index is 386. The van der Waals surface area contributed by atoms with Crippen LogP contribution in [-0.2, 0) is 20.7 Å². The van der Waals surface area contributed by atoms with Crippen molar-refractivity contribution in [2.24, 2.45) is 0 Å². The highest BCUT2D eigenvalue weighted by atomic mass is 16.5. The monoisotopic (exact) mass is 280 g/mol. The van der Waals surface area contributed by atoms with Gasteiger partial charge in [-0.05, 0) is 37.5 Å². The molecular weight excluding hydrogens is 256 g/mol. The van der Waals surface area contributed by atoms with Crippen molar-refractivity contribution in [2.45, 2.75) is 39.7 Å². The lowest BCUT2D eigenvalue weighted by atomic mass is 10.1. The summed E-state index contributed by atoms with van der Waals surface area (Å²) in [6, 6.07) is 7.48. The summed E-state index contributed by atoms with van der Waals surface area (Å²) in [7, 11) is 0. The molecule has 1 atom stereocenters. The van der Waals surface area contributed by atoms with Crippen LogP contribution >= 0.6 is 0 Å². The van der Waals surface area contributed by atoms with Crippen LogP contribution in [0.5, 0.6) is 5.75 Å². The van der Waals surface area contributed by atoms with Crippen molar-refractivity contribution in [3.8, 4) is 5.75 Å². The van der Waals surface area contributed by atoms with Gasteiger partial charge in [-0.2, -0.15) is 0 Å². The third kappa shape index (κ3) is 7.26. The Kier molecular flexibility index (Phi) is 7.92. The van der Waals surface area contributed by atoms with Gasteiger partial charge in [-0.3, -0.25) is 4.79 Å². The van der Waals surface area contributed by atoms with Gasteiger partial charge in [0, 0.05) is 13.5 Å². The Hall–Kier alpha value is -1.39. The van der Waals surface area contributed by atoms with Crippen LogP contribution in [0.1, 0.15) is 32.8 Å². The highest BCUT2D eigenvalue weighted by molar-refractivity contribution is 5.69. The van der Waals surface area contributed by atoms with E-state index >= 15 is 0 Å². The summed E-state index contributed by atoms with van der Waals surface area (Å²) < 4.78 is 16.1. The number of esters is 1. The molecule has 4 nitrogen and oxygen atoms in total. The molecular formula is C16H24O4. The number of hydrogen-bond acceptors (Lipinski definition) is 4. The van der Waals surface area contributed by atoms with Crippen molar-refractivity contribution < 1.29 is 19.0 Å². The van der Waals surface area contributed by atoms with E-state index in [0.29, 0.717) is 19.0 Å². The minimum absolute atomic E-state index is 0.140. The van der Waals surface area contributed by atoms with Gasteiger partial charge in [-0.25, -0.2) is 0 Å². The third-order valence-corrected chi connectivity index (χ3v) is 2.68. The molecule has 0 fully saturated rings. The molecule has 0 aliphatic heterocycles. The first-order chi connectivity index (χ1) is 9.61. The summed E-state index contributed by atoms with van der Waals surface area (Å²) in [5.41, 5.74) is 1.16. The zero-order valence-electron chi connectivity index (χ0n) is 12.6. The largest absolute Gasteiger partial charge is 0.427 e. The molecule has 0 heterocycles. The van der Waals surface area contributed by atoms with E-state index in [2.05, 4.69) is 6.92 Å². The Balaban J connectivity index is 2.20. The molecule has 0 saturated heterocycles. The molecule has 0 spiro atoms. The maximum atomic E-state index is 10.8. The summed E-state index contributed by atoms with van der Waals surface area (Å²) in [5, 5.41) is 0. The second-order valence-corrected chi connectivity index (χ2v) is 4.74. The molecule has 0 aliphatic carbocycles. The highest BCUT2D eigenvalue weighted by Gasteiger charge is 2.02. The quantitative estimate of drug-likeness (QED) is 0.396. The van der Waals surface area contributed by atoms with Gasteiger partial charge >= 0.3 is 5.97 Å². The van der Waals surface area contributed by atoms with Crippen molar-refractivity contribution in [2.75, 3.05) is 19.8 Å². The van der Waals surface area contributed by atoms with Crippen molar-refractivity contribution in [1.29, 1.82) is 0 Å². The summed E-state index contributed by atoms with van der Waals surface area (Å²) in [5.74, 6) is 0.269. The number of carbonyl (C=O) groups excluding carboxylic acids is 1. The predicted molar refractivity (Wildman–Crippen MR) is 78.0 cm³/mol. The number of benzene rings is 1. The molecule has 4 heteroatoms. The molecule has 0 radical (unpaired) electrons. The Labute approximate surface area is 121 Å². The first kappa shape index (κ1) is 16.7. The SMILES string of the molecule is CCCO[C@@H](C)COCCc1ccc(OC(C)=O)cc1. The van der Waals surface area contributed by atoms with Gasteiger partial charge in [0.15, 0.2) is 0 Å². The highest BCUT2D eigenvalue weighted by Crippen LogP contribution is 2.12. The van der Waals surface area contributed by atoms with Gasteiger partial charge in [0.1, 0.15) is 5.75 Å². The van der Waals surface area contributed by atoms with Crippen LogP contribution in [-0.4, -0.2) is 31.9 Å². The van der Waals surface area contributed by atoms with E-state index in [1.807, 2.05) is 19.1 Å². The maximum absolute atomic E-state index is 10.8. The van der Waals surface area contributed by atoms with Crippen LogP contribution in [0.2, 0.25) is 0 Å². The zero-order chi connectivity index (χ0) is 14.8. The Morgan fingerprint density at radius 2 is 1.90 bits per heavy atom. The molecule has 0 aliphatic rings. The zero-order valence-corrected chi connectivity index (χ0v) is 12.6. The normalized spacial score (nSPS) is 12.2. The van der Waals surface area contributed by atoms with Crippen molar-refractivity contribution >= 4 is 5.97 Å². The van der Waals surface area contributed by atoms with Crippen LogP contribution in [0.3, 0.4) is 0 Å². The van der Waals surface area contributed by atoms with E-state index in [1.54, 1.807) is 12.1 Å². The molecule has 1 rings (SSSR count). The number of ether oxygens (including phenoxy) is 3. The smallest absolute Gasteiger partial charge is 0.308 e. The summed E-state index contributed by atoms with van der Waals surface area (Å²) >= 11 is 0. The summed E-state index contributed by atoms with van der Waals surface area (Å²) in [4.78, 5) is 10.8. The van der Waals surface area contributed by atoms with Gasteiger partial charge in [-0.1, -0.05) is 19.1 Å². The van der Waals surface area contributed by atoms with E-state index in [9.17, 15) is 4.79 Å². The average Bonchev–Trinajstić information content (AvgIpc) is 2.42. The number of hydrogen-bond donors (Lipinski definition) is 0. The van der Waals surface area contributed by atoms with Crippen molar-refractivity contribution in [3.05, 3.63) is 29.8 Å². The lowest BCUT2D eigenvalue weighted by Gasteiger charge is -2.12. The molecule has 112 valence electrons. The molecule has 0 N–H and O–H groups in total. The van der Waals surface area contributed by atoms with Crippen molar-refractivity contribution in [1.82, 2.24) is 0 Å². The minimum atomic E-state index is -0.304. The topological polar surface area (TPSA) is 44.8 Å². The molecule has 0 unspecified atom stereocenters. The van der Waals surface area contributed by atoms with Gasteiger partial charge in [0.25, 0.3) is 0 Å². The minimum Gasteiger partial charge on any atom is -0.427 e. The van der Waals surface area contributed by atoms with E-state index in [-0.39, 0.29) is 12.1 Å². The van der Waals surface area contributed by atoms with Crippen LogP contribution in [0.25, 0.3) is 0 Å². The lowest BCUT2D eigenvalue weighted by Crippen LogP contribution is -2.17. The summed E-state index contributed by atoms with van der Waals surface area (Å²) in [6.07, 6.45) is 2.00. The van der Waals surface area contributed by atoms with E-state index < -0.39 is 0 Å². The van der Waals surface area contributed by atoms with Gasteiger partial charge < -0.3 is 14.2 Å². The lowest BCUT2D eigenvalue weighted by molar-refractivity contribution is -0.131. The molecule has 0 amide bonds. The van der Waals surface area contributed by atoms with E-state index in [4.69, 9.17) is 14.2 Å². The first-order valence-corrected chi connectivity index (χ1v) is 7.08. The van der Waals surface area contributed by atoms with Gasteiger partial charge in [0.05, 0.1) is 19.3 Å². The third-order valence-electron chi connectivity index (χ3n) is 2.68. The fourth-order valence-corrected chi connectivity index (χ4v) is 1.70. The van der Waals surface area contributed by atoms with Crippen LogP contribution in [0.15, 0.2) is 24.3 Å². The Morgan fingerprint density at radius 3 is 2.50 bits per heavy atom. The van der Waals surface area contributed by atoms with Crippen molar-refractivity contribution in [3.63, 3.8) is 0 Å². The molecule has 1 aromatic rings. The fourth-order valence-electron chi connectivity index (χ4n) is 1.70. The number of carbonyl (C=O) groups is 1. The van der Waals surface area contributed by atoms with E-state index in [0.717, 1.165) is 25.0 Å². The van der Waals surface area contributed by atoms with E-state index in [1.165, 1.54) is 6.92 Å². The molecule has 0 saturated carbocycles. The Morgan fingerprint density at radius 1 is 1.20 bits per heavy atom. The first-order valence-electron chi connectivity index (χ1n) is 7.08. The summed E-state index contributed by atoms with van der Waals surface area (Å²) in [6.45, 7) is 7.56. The molecule has 0 bridgehead atoms. The van der Waals surface area contributed by atoms with Crippen LogP contribution in [0.4, 0.5) is 0 Å². The van der Waals surface area contributed by atoms with Gasteiger partial charge in [-0.15, -0.1) is 0 Å².